The Hall–Kier alpha value is -4.17. The summed E-state index contributed by atoms with van der Waals surface area (Å²) in [5, 5.41) is 4.59. The van der Waals surface area contributed by atoms with Crippen molar-refractivity contribution < 1.29 is 4.74 Å². The molecular formula is C26H23ClN6O2. The Bertz CT molecular complexity index is 1550. The topological polar surface area (TPSA) is 97.7 Å². The first-order valence-electron chi connectivity index (χ1n) is 11.1. The fraction of sp³-hybridized carbons (Fsp3) is 0.154. The maximum Gasteiger partial charge on any atom is 0.253 e. The Labute approximate surface area is 206 Å². The number of aromatic nitrogens is 5. The molecule has 0 amide bonds. The first-order valence-corrected chi connectivity index (χ1v) is 11.4. The minimum absolute atomic E-state index is 0.196. The number of aromatic amines is 1. The number of nitrogens with zero attached hydrogens (tertiary/aromatic N) is 4. The van der Waals surface area contributed by atoms with E-state index in [1.54, 1.807) is 37.1 Å². The number of rotatable bonds is 7. The second kappa shape index (κ2) is 9.60. The van der Waals surface area contributed by atoms with Gasteiger partial charge < -0.3 is 19.6 Å². The van der Waals surface area contributed by atoms with Gasteiger partial charge in [-0.2, -0.15) is 0 Å². The average molecular weight is 487 g/mol. The van der Waals surface area contributed by atoms with Gasteiger partial charge in [-0.25, -0.2) is 9.97 Å². The van der Waals surface area contributed by atoms with E-state index >= 15 is 0 Å². The van der Waals surface area contributed by atoms with E-state index in [4.69, 9.17) is 16.3 Å². The van der Waals surface area contributed by atoms with Crippen LogP contribution in [-0.4, -0.2) is 24.5 Å². The number of hydrogen-bond acceptors (Lipinski definition) is 6. The van der Waals surface area contributed by atoms with Crippen molar-refractivity contribution in [2.45, 2.75) is 19.6 Å². The Morgan fingerprint density at radius 1 is 1.14 bits per heavy atom. The molecule has 8 nitrogen and oxygen atoms in total. The second-order valence-corrected chi connectivity index (χ2v) is 8.63. The number of aryl methyl sites for hydroxylation is 1. The van der Waals surface area contributed by atoms with Crippen LogP contribution in [0.15, 0.2) is 78.2 Å². The number of nitrogens with one attached hydrogen (secondary N) is 2. The molecule has 0 aliphatic rings. The van der Waals surface area contributed by atoms with Crippen LogP contribution < -0.4 is 15.6 Å². The highest BCUT2D eigenvalue weighted by Gasteiger charge is 2.15. The van der Waals surface area contributed by atoms with Gasteiger partial charge in [0.1, 0.15) is 18.2 Å². The summed E-state index contributed by atoms with van der Waals surface area (Å²) < 4.78 is 7.77. The van der Waals surface area contributed by atoms with Gasteiger partial charge in [0.15, 0.2) is 0 Å². The zero-order chi connectivity index (χ0) is 24.4. The fourth-order valence-corrected chi connectivity index (χ4v) is 4.12. The molecular weight excluding hydrogens is 464 g/mol. The Morgan fingerprint density at radius 3 is 2.80 bits per heavy atom. The van der Waals surface area contributed by atoms with Gasteiger partial charge in [0.2, 0.25) is 0 Å². The van der Waals surface area contributed by atoms with Crippen LogP contribution in [0.5, 0.6) is 5.75 Å². The SMILES string of the molecule is CC(Nc1cc(-c2cncn2C)ccn1)c1cc2cc(Cl)c(OCc3ccccn3)cc2[nH]c1=O. The predicted octanol–water partition coefficient (Wildman–Crippen LogP) is 5.12. The average Bonchev–Trinajstić information content (AvgIpc) is 3.29. The Balaban J connectivity index is 1.38. The third kappa shape index (κ3) is 4.88. The van der Waals surface area contributed by atoms with Crippen molar-refractivity contribution in [1.29, 1.82) is 0 Å². The lowest BCUT2D eigenvalue weighted by molar-refractivity contribution is 0.302. The lowest BCUT2D eigenvalue weighted by atomic mass is 10.1. The van der Waals surface area contributed by atoms with Crippen LogP contribution in [0.3, 0.4) is 0 Å². The van der Waals surface area contributed by atoms with Crippen LogP contribution in [0.1, 0.15) is 24.2 Å². The van der Waals surface area contributed by atoms with Gasteiger partial charge in [-0.15, -0.1) is 0 Å². The zero-order valence-corrected chi connectivity index (χ0v) is 20.0. The number of hydrogen-bond donors (Lipinski definition) is 2. The fourth-order valence-electron chi connectivity index (χ4n) is 3.90. The Morgan fingerprint density at radius 2 is 2.03 bits per heavy atom. The van der Waals surface area contributed by atoms with Gasteiger partial charge in [0.05, 0.1) is 40.5 Å². The van der Waals surface area contributed by atoms with Crippen LogP contribution in [0.2, 0.25) is 5.02 Å². The summed E-state index contributed by atoms with van der Waals surface area (Å²) in [6, 6.07) is 14.5. The zero-order valence-electron chi connectivity index (χ0n) is 19.2. The van der Waals surface area contributed by atoms with Crippen molar-refractivity contribution in [3.8, 4) is 17.0 Å². The molecule has 0 radical (unpaired) electrons. The molecule has 4 aromatic heterocycles. The van der Waals surface area contributed by atoms with Crippen molar-refractivity contribution in [3.63, 3.8) is 0 Å². The smallest absolute Gasteiger partial charge is 0.253 e. The van der Waals surface area contributed by atoms with Crippen molar-refractivity contribution in [3.05, 3.63) is 100 Å². The van der Waals surface area contributed by atoms with E-state index in [9.17, 15) is 4.79 Å². The summed E-state index contributed by atoms with van der Waals surface area (Å²) in [5.74, 6) is 1.14. The molecule has 9 heteroatoms. The van der Waals surface area contributed by atoms with E-state index in [0.29, 0.717) is 27.7 Å². The summed E-state index contributed by atoms with van der Waals surface area (Å²) in [6.07, 6.45) is 6.99. The van der Waals surface area contributed by atoms with Crippen molar-refractivity contribution in [1.82, 2.24) is 24.5 Å². The lowest BCUT2D eigenvalue weighted by Gasteiger charge is -2.16. The molecule has 4 heterocycles. The molecule has 0 aliphatic carbocycles. The first-order chi connectivity index (χ1) is 17.0. The summed E-state index contributed by atoms with van der Waals surface area (Å²) in [4.78, 5) is 28.7. The molecule has 176 valence electrons. The molecule has 5 aromatic rings. The maximum atomic E-state index is 12.9. The minimum Gasteiger partial charge on any atom is -0.486 e. The molecule has 0 spiro atoms. The number of pyridine rings is 3. The number of imidazole rings is 1. The van der Waals surface area contributed by atoms with Crippen LogP contribution in [0.25, 0.3) is 22.2 Å². The number of fused-ring (bicyclic) bond motifs is 1. The monoisotopic (exact) mass is 486 g/mol. The molecule has 1 unspecified atom stereocenters. The number of benzene rings is 1. The van der Waals surface area contributed by atoms with Crippen molar-refractivity contribution >= 4 is 28.3 Å². The van der Waals surface area contributed by atoms with E-state index in [0.717, 1.165) is 22.3 Å². The van der Waals surface area contributed by atoms with Gasteiger partial charge >= 0.3 is 0 Å². The van der Waals surface area contributed by atoms with E-state index in [1.165, 1.54) is 0 Å². The number of H-pyrrole nitrogens is 1. The molecule has 35 heavy (non-hydrogen) atoms. The maximum absolute atomic E-state index is 12.9. The van der Waals surface area contributed by atoms with E-state index in [2.05, 4.69) is 25.3 Å². The van der Waals surface area contributed by atoms with Crippen LogP contribution in [0.4, 0.5) is 5.82 Å². The lowest BCUT2D eigenvalue weighted by Crippen LogP contribution is -2.19. The summed E-state index contributed by atoms with van der Waals surface area (Å²) in [7, 11) is 1.94. The number of ether oxygens (including phenoxy) is 1. The molecule has 2 N–H and O–H groups in total. The van der Waals surface area contributed by atoms with Crippen LogP contribution in [-0.2, 0) is 13.7 Å². The molecule has 0 aliphatic heterocycles. The van der Waals surface area contributed by atoms with E-state index in [-0.39, 0.29) is 18.2 Å². The minimum atomic E-state index is -0.295. The molecule has 5 rings (SSSR count). The highest BCUT2D eigenvalue weighted by atomic mass is 35.5. The molecule has 1 aromatic carbocycles. The van der Waals surface area contributed by atoms with Crippen LogP contribution in [0, 0.1) is 0 Å². The van der Waals surface area contributed by atoms with Gasteiger partial charge in [-0.1, -0.05) is 17.7 Å². The first kappa shape index (κ1) is 22.6. The standard InChI is InChI=1S/C26H23ClN6O2/c1-16(31-25-11-17(6-8-30-25)23-13-28-15-33(23)2)20-9-18-10-21(27)24(12-22(18)32-26(20)34)35-14-19-5-3-4-7-29-19/h3-13,15-16H,14H2,1-2H3,(H,30,31)(H,32,34). The highest BCUT2D eigenvalue weighted by Crippen LogP contribution is 2.31. The van der Waals surface area contributed by atoms with Gasteiger partial charge in [0.25, 0.3) is 5.56 Å². The van der Waals surface area contributed by atoms with Crippen molar-refractivity contribution in [2.75, 3.05) is 5.32 Å². The van der Waals surface area contributed by atoms with Gasteiger partial charge in [-0.3, -0.25) is 9.78 Å². The normalized spacial score (nSPS) is 12.0. The van der Waals surface area contributed by atoms with Gasteiger partial charge in [0, 0.05) is 42.0 Å². The second-order valence-electron chi connectivity index (χ2n) is 8.22. The van der Waals surface area contributed by atoms with Gasteiger partial charge in [-0.05, 0) is 43.3 Å². The summed E-state index contributed by atoms with van der Waals surface area (Å²) in [5.41, 5.74) is 3.76. The molecule has 0 saturated heterocycles. The third-order valence-corrected chi connectivity index (χ3v) is 6.03. The highest BCUT2D eigenvalue weighted by molar-refractivity contribution is 6.32. The molecule has 0 fully saturated rings. The third-order valence-electron chi connectivity index (χ3n) is 5.73. The summed E-state index contributed by atoms with van der Waals surface area (Å²) in [6.45, 7) is 2.20. The molecule has 1 atom stereocenters. The quantitative estimate of drug-likeness (QED) is 0.331. The van der Waals surface area contributed by atoms with Crippen LogP contribution >= 0.6 is 11.6 Å². The number of anilines is 1. The predicted molar refractivity (Wildman–Crippen MR) is 137 cm³/mol. The Kier molecular flexibility index (Phi) is 6.20. The van der Waals surface area contributed by atoms with E-state index < -0.39 is 0 Å². The molecule has 0 saturated carbocycles. The summed E-state index contributed by atoms with van der Waals surface area (Å²) >= 11 is 6.48. The van der Waals surface area contributed by atoms with E-state index in [1.807, 2.05) is 54.9 Å². The largest absolute Gasteiger partial charge is 0.486 e. The van der Waals surface area contributed by atoms with Crippen molar-refractivity contribution in [2.24, 2.45) is 7.05 Å². The molecule has 0 bridgehead atoms. The number of halogens is 1.